The molecule has 0 aliphatic carbocycles. The van der Waals surface area contributed by atoms with Crippen molar-refractivity contribution in [1.82, 2.24) is 14.5 Å². The van der Waals surface area contributed by atoms with E-state index in [-0.39, 0.29) is 6.10 Å². The van der Waals surface area contributed by atoms with Crippen molar-refractivity contribution in [2.75, 3.05) is 25.0 Å². The Labute approximate surface area is 99.6 Å². The summed E-state index contributed by atoms with van der Waals surface area (Å²) in [5.41, 5.74) is 1.00. The molecule has 6 heteroatoms. The third-order valence-electron chi connectivity index (χ3n) is 2.75. The van der Waals surface area contributed by atoms with Gasteiger partial charge in [-0.2, -0.15) is 0 Å². The molecule has 2 N–H and O–H groups in total. The van der Waals surface area contributed by atoms with E-state index in [2.05, 4.69) is 26.7 Å². The molecule has 1 fully saturated rings. The van der Waals surface area contributed by atoms with Gasteiger partial charge in [0, 0.05) is 31.2 Å². The summed E-state index contributed by atoms with van der Waals surface area (Å²) in [7, 11) is 0. The maximum absolute atomic E-state index is 9.59. The van der Waals surface area contributed by atoms with E-state index in [0.29, 0.717) is 0 Å². The van der Waals surface area contributed by atoms with Crippen LogP contribution >= 0.6 is 11.5 Å². The first-order chi connectivity index (χ1) is 7.79. The van der Waals surface area contributed by atoms with Gasteiger partial charge in [0.25, 0.3) is 0 Å². The molecular formula is C10H18N4OS. The lowest BCUT2D eigenvalue weighted by Crippen LogP contribution is -2.37. The van der Waals surface area contributed by atoms with Gasteiger partial charge in [0.05, 0.1) is 6.10 Å². The van der Waals surface area contributed by atoms with Crippen LogP contribution in [0.3, 0.4) is 0 Å². The Balaban J connectivity index is 1.94. The minimum atomic E-state index is -0.178. The number of aliphatic hydroxyl groups excluding tert-OH is 1. The monoisotopic (exact) mass is 242 g/mol. The normalized spacial score (nSPS) is 22.2. The van der Waals surface area contributed by atoms with Gasteiger partial charge in [0.1, 0.15) is 10.7 Å². The van der Waals surface area contributed by atoms with Crippen LogP contribution in [0.5, 0.6) is 0 Å². The summed E-state index contributed by atoms with van der Waals surface area (Å²) in [5, 5.41) is 18.0. The number of aromatic nitrogens is 2. The lowest BCUT2D eigenvalue weighted by Gasteiger charge is -2.29. The summed E-state index contributed by atoms with van der Waals surface area (Å²) >= 11 is 1.40. The lowest BCUT2D eigenvalue weighted by atomic mass is 10.1. The summed E-state index contributed by atoms with van der Waals surface area (Å²) in [4.78, 5) is 2.24. The molecule has 1 aliphatic heterocycles. The van der Waals surface area contributed by atoms with Crippen molar-refractivity contribution >= 4 is 16.5 Å². The van der Waals surface area contributed by atoms with Crippen molar-refractivity contribution in [3.63, 3.8) is 0 Å². The van der Waals surface area contributed by atoms with Crippen LogP contribution in [0.25, 0.3) is 0 Å². The standard InChI is InChI=1S/C10H18N4OS/c1-2-11-10-9(12-13-16-10)7-14-5-3-4-8(15)6-14/h8,11,15H,2-7H2,1H3. The fourth-order valence-electron chi connectivity index (χ4n) is 1.99. The molecule has 0 saturated carbocycles. The van der Waals surface area contributed by atoms with Crippen LogP contribution in [-0.4, -0.2) is 45.3 Å². The second kappa shape index (κ2) is 5.56. The molecule has 1 aliphatic rings. The van der Waals surface area contributed by atoms with Gasteiger partial charge in [-0.3, -0.25) is 4.90 Å². The van der Waals surface area contributed by atoms with Gasteiger partial charge in [-0.05, 0) is 26.3 Å². The predicted molar refractivity (Wildman–Crippen MR) is 64.6 cm³/mol. The number of nitrogens with one attached hydrogen (secondary N) is 1. The van der Waals surface area contributed by atoms with Crippen molar-refractivity contribution in [1.29, 1.82) is 0 Å². The smallest absolute Gasteiger partial charge is 0.134 e. The third kappa shape index (κ3) is 2.90. The van der Waals surface area contributed by atoms with Crippen molar-refractivity contribution in [2.45, 2.75) is 32.4 Å². The highest BCUT2D eigenvalue weighted by atomic mass is 32.1. The molecule has 0 aromatic carbocycles. The Morgan fingerprint density at radius 2 is 2.50 bits per heavy atom. The Kier molecular flexibility index (Phi) is 4.09. The molecule has 1 unspecified atom stereocenters. The van der Waals surface area contributed by atoms with E-state index in [0.717, 1.165) is 49.7 Å². The van der Waals surface area contributed by atoms with Crippen molar-refractivity contribution in [3.8, 4) is 0 Å². The van der Waals surface area contributed by atoms with Crippen molar-refractivity contribution < 1.29 is 5.11 Å². The number of hydrogen-bond acceptors (Lipinski definition) is 6. The minimum absolute atomic E-state index is 0.178. The van der Waals surface area contributed by atoms with Crippen LogP contribution in [0.1, 0.15) is 25.5 Å². The maximum atomic E-state index is 9.59. The summed E-state index contributed by atoms with van der Waals surface area (Å²) < 4.78 is 3.97. The van der Waals surface area contributed by atoms with Crippen LogP contribution in [0.15, 0.2) is 0 Å². The molecule has 0 radical (unpaired) electrons. The number of hydrogen-bond donors (Lipinski definition) is 2. The molecule has 1 aromatic heterocycles. The first-order valence-electron chi connectivity index (χ1n) is 5.75. The van der Waals surface area contributed by atoms with Gasteiger partial charge < -0.3 is 10.4 Å². The van der Waals surface area contributed by atoms with Crippen LogP contribution < -0.4 is 5.32 Å². The summed E-state index contributed by atoms with van der Waals surface area (Å²) in [6, 6.07) is 0. The maximum Gasteiger partial charge on any atom is 0.134 e. The first kappa shape index (κ1) is 11.8. The number of nitrogens with zero attached hydrogens (tertiary/aromatic N) is 3. The van der Waals surface area contributed by atoms with E-state index in [9.17, 15) is 5.11 Å². The van der Waals surface area contributed by atoms with Gasteiger partial charge in [0.2, 0.25) is 0 Å². The van der Waals surface area contributed by atoms with Crippen LogP contribution in [0.4, 0.5) is 5.00 Å². The van der Waals surface area contributed by atoms with Gasteiger partial charge in [0.15, 0.2) is 0 Å². The van der Waals surface area contributed by atoms with Crippen molar-refractivity contribution in [3.05, 3.63) is 5.69 Å². The van der Waals surface area contributed by atoms with E-state index in [1.165, 1.54) is 11.5 Å². The molecule has 0 bridgehead atoms. The van der Waals surface area contributed by atoms with Crippen LogP contribution in [0.2, 0.25) is 0 Å². The van der Waals surface area contributed by atoms with Gasteiger partial charge >= 0.3 is 0 Å². The number of rotatable bonds is 4. The molecule has 5 nitrogen and oxygen atoms in total. The molecule has 1 saturated heterocycles. The largest absolute Gasteiger partial charge is 0.392 e. The van der Waals surface area contributed by atoms with Gasteiger partial charge in [-0.1, -0.05) is 4.49 Å². The fourth-order valence-corrected chi connectivity index (χ4v) is 2.63. The molecule has 0 spiro atoms. The van der Waals surface area contributed by atoms with Crippen LogP contribution in [-0.2, 0) is 6.54 Å². The molecule has 1 atom stereocenters. The molecule has 1 aromatic rings. The third-order valence-corrected chi connectivity index (χ3v) is 3.47. The molecule has 2 rings (SSSR count). The van der Waals surface area contributed by atoms with E-state index >= 15 is 0 Å². The lowest BCUT2D eigenvalue weighted by molar-refractivity contribution is 0.0663. The Bertz CT molecular complexity index is 330. The van der Waals surface area contributed by atoms with Gasteiger partial charge in [-0.25, -0.2) is 0 Å². The van der Waals surface area contributed by atoms with E-state index in [1.54, 1.807) is 0 Å². The molecule has 90 valence electrons. The zero-order valence-electron chi connectivity index (χ0n) is 9.52. The Morgan fingerprint density at radius 1 is 1.62 bits per heavy atom. The molecule has 16 heavy (non-hydrogen) atoms. The number of β-amino-alcohol motifs (C(OH)–C–C–N with tert-alkyl or cyclic N) is 1. The second-order valence-electron chi connectivity index (χ2n) is 4.11. The zero-order valence-corrected chi connectivity index (χ0v) is 10.3. The average Bonchev–Trinajstić information content (AvgIpc) is 2.66. The Hall–Kier alpha value is -0.720. The molecule has 2 heterocycles. The second-order valence-corrected chi connectivity index (χ2v) is 4.86. The van der Waals surface area contributed by atoms with Crippen molar-refractivity contribution in [2.24, 2.45) is 0 Å². The summed E-state index contributed by atoms with van der Waals surface area (Å²) in [6.07, 6.45) is 1.81. The van der Waals surface area contributed by atoms with E-state index in [4.69, 9.17) is 0 Å². The topological polar surface area (TPSA) is 61.3 Å². The minimum Gasteiger partial charge on any atom is -0.392 e. The first-order valence-corrected chi connectivity index (χ1v) is 6.52. The van der Waals surface area contributed by atoms with Crippen LogP contribution in [0, 0.1) is 0 Å². The summed E-state index contributed by atoms with van der Waals surface area (Å²) in [6.45, 7) is 5.53. The van der Waals surface area contributed by atoms with E-state index in [1.807, 2.05) is 0 Å². The zero-order chi connectivity index (χ0) is 11.4. The number of piperidine rings is 1. The highest BCUT2D eigenvalue weighted by molar-refractivity contribution is 7.10. The quantitative estimate of drug-likeness (QED) is 0.822. The predicted octanol–water partition coefficient (Wildman–Crippen LogP) is 0.927. The SMILES string of the molecule is CCNc1snnc1CN1CCCC(O)C1. The van der Waals surface area contributed by atoms with Gasteiger partial charge in [-0.15, -0.1) is 5.10 Å². The average molecular weight is 242 g/mol. The molecule has 0 amide bonds. The highest BCUT2D eigenvalue weighted by Crippen LogP contribution is 2.20. The summed E-state index contributed by atoms with van der Waals surface area (Å²) in [5.74, 6) is 0. The number of likely N-dealkylation sites (tertiary alicyclic amines) is 1. The highest BCUT2D eigenvalue weighted by Gasteiger charge is 2.19. The fraction of sp³-hybridized carbons (Fsp3) is 0.800. The number of anilines is 1. The Morgan fingerprint density at radius 3 is 3.25 bits per heavy atom. The number of aliphatic hydroxyl groups is 1. The van der Waals surface area contributed by atoms with E-state index < -0.39 is 0 Å². The molecular weight excluding hydrogens is 224 g/mol.